The first kappa shape index (κ1) is 7.00. The third kappa shape index (κ3) is 3.02. The van der Waals surface area contributed by atoms with E-state index in [1.807, 2.05) is 36.6 Å². The number of hydrogen-bond acceptors (Lipinski definition) is 1. The summed E-state index contributed by atoms with van der Waals surface area (Å²) in [6.45, 7) is 0.898. The Hall–Kier alpha value is -1.11. The van der Waals surface area contributed by atoms with E-state index < -0.39 is 0 Å². The summed E-state index contributed by atoms with van der Waals surface area (Å²) < 4.78 is 0. The fraction of sp³-hybridized carbons (Fsp3) is 0.222. The molecule has 0 radical (unpaired) electrons. The van der Waals surface area contributed by atoms with Crippen LogP contribution in [0.2, 0.25) is 0 Å². The smallest absolute Gasteiger partial charge is 0.0423 e. The molecule has 0 fully saturated rings. The molecule has 0 saturated carbocycles. The van der Waals surface area contributed by atoms with Crippen LogP contribution < -0.4 is 0 Å². The highest BCUT2D eigenvalue weighted by Gasteiger charge is 1.75. The highest BCUT2D eigenvalue weighted by Crippen LogP contribution is 1.88. The molecular weight excluding hydrogens is 122 g/mol. The number of nitrogens with zero attached hydrogens (tertiary/aromatic N) is 1. The molecule has 0 spiro atoms. The van der Waals surface area contributed by atoms with Gasteiger partial charge in [-0.1, -0.05) is 30.4 Å². The van der Waals surface area contributed by atoms with Crippen molar-refractivity contribution in [2.45, 2.75) is 6.42 Å². The van der Waals surface area contributed by atoms with Gasteiger partial charge in [-0.3, -0.25) is 4.99 Å². The minimum atomic E-state index is 0.898. The Kier molecular flexibility index (Phi) is 3.32. The highest BCUT2D eigenvalue weighted by molar-refractivity contribution is 5.71. The third-order valence-corrected chi connectivity index (χ3v) is 1.20. The Bertz CT molecular complexity index is 163. The van der Waals surface area contributed by atoms with E-state index in [0.717, 1.165) is 13.0 Å². The first-order valence-corrected chi connectivity index (χ1v) is 3.48. The SMILES string of the molecule is C1=NCC/C=C/C=C\C=C\1. The summed E-state index contributed by atoms with van der Waals surface area (Å²) in [5.74, 6) is 0. The van der Waals surface area contributed by atoms with Crippen LogP contribution in [0.4, 0.5) is 0 Å². The average Bonchev–Trinajstić information content (AvgIpc) is 2.01. The summed E-state index contributed by atoms with van der Waals surface area (Å²) in [6.07, 6.45) is 15.0. The highest BCUT2D eigenvalue weighted by atomic mass is 14.7. The summed E-state index contributed by atoms with van der Waals surface area (Å²) in [6, 6.07) is 0. The minimum absolute atomic E-state index is 0.898. The molecule has 0 atom stereocenters. The molecule has 0 aromatic rings. The second kappa shape index (κ2) is 4.74. The lowest BCUT2D eigenvalue weighted by atomic mass is 10.3. The number of rotatable bonds is 0. The van der Waals surface area contributed by atoms with Gasteiger partial charge in [-0.15, -0.1) is 0 Å². The van der Waals surface area contributed by atoms with Gasteiger partial charge in [-0.05, 0) is 12.5 Å². The van der Waals surface area contributed by atoms with E-state index in [0.29, 0.717) is 0 Å². The average molecular weight is 133 g/mol. The second-order valence-electron chi connectivity index (χ2n) is 2.04. The van der Waals surface area contributed by atoms with Crippen molar-refractivity contribution < 1.29 is 0 Å². The quantitative estimate of drug-likeness (QED) is 0.480. The van der Waals surface area contributed by atoms with Crippen LogP contribution in [0.25, 0.3) is 0 Å². The van der Waals surface area contributed by atoms with Gasteiger partial charge in [0.05, 0.1) is 0 Å². The largest absolute Gasteiger partial charge is 0.293 e. The van der Waals surface area contributed by atoms with Crippen LogP contribution >= 0.6 is 0 Å². The van der Waals surface area contributed by atoms with Crippen LogP contribution in [0, 0.1) is 0 Å². The Balaban J connectivity index is 2.53. The molecule has 1 aliphatic rings. The first-order chi connectivity index (χ1) is 5.00. The maximum Gasteiger partial charge on any atom is 0.0423 e. The molecular formula is C9H11N. The standard InChI is InChI=1S/C9H11N/c1-2-4-6-8-10-9-7-5-3-1/h1-6,8H,7,9H2/b2-1-,5-3+,6-4+,10-8?. The molecule has 0 unspecified atom stereocenters. The van der Waals surface area contributed by atoms with Gasteiger partial charge in [-0.2, -0.15) is 0 Å². The van der Waals surface area contributed by atoms with Crippen molar-refractivity contribution in [1.29, 1.82) is 0 Å². The molecule has 0 bridgehead atoms. The lowest BCUT2D eigenvalue weighted by Crippen LogP contribution is -1.77. The molecule has 1 rings (SSSR count). The topological polar surface area (TPSA) is 12.4 Å². The number of allylic oxidation sites excluding steroid dienone is 5. The summed E-state index contributed by atoms with van der Waals surface area (Å²) in [7, 11) is 0. The van der Waals surface area contributed by atoms with Crippen molar-refractivity contribution in [3.05, 3.63) is 36.5 Å². The fourth-order valence-corrected chi connectivity index (χ4v) is 0.701. The monoisotopic (exact) mass is 133 g/mol. The van der Waals surface area contributed by atoms with Gasteiger partial charge in [0.15, 0.2) is 0 Å². The van der Waals surface area contributed by atoms with E-state index in [2.05, 4.69) is 11.1 Å². The lowest BCUT2D eigenvalue weighted by Gasteiger charge is -1.85. The Morgan fingerprint density at radius 3 is 2.70 bits per heavy atom. The molecule has 1 heteroatoms. The van der Waals surface area contributed by atoms with Gasteiger partial charge in [0.1, 0.15) is 0 Å². The Labute approximate surface area is 61.5 Å². The molecule has 0 aromatic heterocycles. The van der Waals surface area contributed by atoms with Crippen LogP contribution in [0.15, 0.2) is 41.4 Å². The van der Waals surface area contributed by atoms with E-state index in [1.54, 1.807) is 0 Å². The van der Waals surface area contributed by atoms with Crippen molar-refractivity contribution in [3.8, 4) is 0 Å². The molecule has 10 heavy (non-hydrogen) atoms. The molecule has 0 N–H and O–H groups in total. The third-order valence-electron chi connectivity index (χ3n) is 1.20. The predicted octanol–water partition coefficient (Wildman–Crippen LogP) is 2.13. The Morgan fingerprint density at radius 2 is 1.70 bits per heavy atom. The molecule has 1 heterocycles. The predicted molar refractivity (Wildman–Crippen MR) is 45.4 cm³/mol. The van der Waals surface area contributed by atoms with Crippen molar-refractivity contribution in [2.24, 2.45) is 4.99 Å². The minimum Gasteiger partial charge on any atom is -0.293 e. The van der Waals surface area contributed by atoms with E-state index in [9.17, 15) is 0 Å². The van der Waals surface area contributed by atoms with Crippen LogP contribution in [0.1, 0.15) is 6.42 Å². The maximum absolute atomic E-state index is 4.14. The Morgan fingerprint density at radius 1 is 0.900 bits per heavy atom. The zero-order chi connectivity index (χ0) is 7.07. The fourth-order valence-electron chi connectivity index (χ4n) is 0.701. The summed E-state index contributed by atoms with van der Waals surface area (Å²) in [5, 5.41) is 0. The molecule has 1 aliphatic heterocycles. The van der Waals surface area contributed by atoms with Crippen molar-refractivity contribution >= 4 is 6.21 Å². The normalized spacial score (nSPS) is 27.2. The van der Waals surface area contributed by atoms with Crippen molar-refractivity contribution in [3.63, 3.8) is 0 Å². The molecule has 1 nitrogen and oxygen atoms in total. The second-order valence-corrected chi connectivity index (χ2v) is 2.04. The molecule has 0 saturated heterocycles. The molecule has 0 aliphatic carbocycles. The van der Waals surface area contributed by atoms with E-state index in [-0.39, 0.29) is 0 Å². The van der Waals surface area contributed by atoms with Crippen LogP contribution in [-0.4, -0.2) is 12.8 Å². The van der Waals surface area contributed by atoms with Gasteiger partial charge >= 0.3 is 0 Å². The van der Waals surface area contributed by atoms with Crippen LogP contribution in [0.5, 0.6) is 0 Å². The number of aliphatic imine (C=N–C) groups is 1. The van der Waals surface area contributed by atoms with Crippen LogP contribution in [-0.2, 0) is 0 Å². The molecule has 0 aromatic carbocycles. The van der Waals surface area contributed by atoms with Crippen molar-refractivity contribution in [1.82, 2.24) is 0 Å². The zero-order valence-electron chi connectivity index (χ0n) is 5.90. The first-order valence-electron chi connectivity index (χ1n) is 3.48. The van der Waals surface area contributed by atoms with Gasteiger partial charge < -0.3 is 0 Å². The van der Waals surface area contributed by atoms with Gasteiger partial charge in [-0.25, -0.2) is 0 Å². The lowest BCUT2D eigenvalue weighted by molar-refractivity contribution is 1.01. The van der Waals surface area contributed by atoms with E-state index in [1.165, 1.54) is 0 Å². The van der Waals surface area contributed by atoms with Gasteiger partial charge in [0.2, 0.25) is 0 Å². The summed E-state index contributed by atoms with van der Waals surface area (Å²) >= 11 is 0. The van der Waals surface area contributed by atoms with E-state index in [4.69, 9.17) is 0 Å². The van der Waals surface area contributed by atoms with Crippen LogP contribution in [0.3, 0.4) is 0 Å². The van der Waals surface area contributed by atoms with Gasteiger partial charge in [0.25, 0.3) is 0 Å². The zero-order valence-corrected chi connectivity index (χ0v) is 5.90. The maximum atomic E-state index is 4.14. The summed E-state index contributed by atoms with van der Waals surface area (Å²) in [4.78, 5) is 4.14. The van der Waals surface area contributed by atoms with Gasteiger partial charge in [0, 0.05) is 12.8 Å². The van der Waals surface area contributed by atoms with Crippen molar-refractivity contribution in [2.75, 3.05) is 6.54 Å². The molecule has 52 valence electrons. The van der Waals surface area contributed by atoms with E-state index >= 15 is 0 Å². The summed E-state index contributed by atoms with van der Waals surface area (Å²) in [5.41, 5.74) is 0. The number of hydrogen-bond donors (Lipinski definition) is 0. The molecule has 0 amide bonds.